The Bertz CT molecular complexity index is 218. The van der Waals surface area contributed by atoms with Crippen LogP contribution in [0.5, 0.6) is 0 Å². The summed E-state index contributed by atoms with van der Waals surface area (Å²) in [6.07, 6.45) is 0. The molecule has 0 nitrogen and oxygen atoms in total. The van der Waals surface area contributed by atoms with Crippen molar-refractivity contribution in [2.75, 3.05) is 0 Å². The SMILES string of the molecule is Sc1cc(S)c(S)cc1S.[NaH].[NaH].[NaH].[NaH]. The fourth-order valence-corrected chi connectivity index (χ4v) is 1.53. The molecular formula is C6H10Na4S4. The molecule has 1 aromatic rings. The minimum absolute atomic E-state index is 0. The van der Waals surface area contributed by atoms with Crippen LogP contribution in [0.3, 0.4) is 0 Å². The predicted octanol–water partition coefficient (Wildman–Crippen LogP) is 0.247. The van der Waals surface area contributed by atoms with Crippen LogP contribution in [0.15, 0.2) is 31.7 Å². The molecule has 14 heavy (non-hydrogen) atoms. The van der Waals surface area contributed by atoms with E-state index in [0.29, 0.717) is 0 Å². The first-order valence-electron chi connectivity index (χ1n) is 2.55. The van der Waals surface area contributed by atoms with Crippen LogP contribution in [0.1, 0.15) is 0 Å². The van der Waals surface area contributed by atoms with Crippen LogP contribution in [0.2, 0.25) is 0 Å². The van der Waals surface area contributed by atoms with Gasteiger partial charge in [-0.15, -0.1) is 50.5 Å². The van der Waals surface area contributed by atoms with Gasteiger partial charge in [0.2, 0.25) is 0 Å². The van der Waals surface area contributed by atoms with Gasteiger partial charge in [-0.25, -0.2) is 0 Å². The van der Waals surface area contributed by atoms with Gasteiger partial charge >= 0.3 is 118 Å². The van der Waals surface area contributed by atoms with Crippen LogP contribution >= 0.6 is 50.5 Å². The molecule has 0 atom stereocenters. The first-order chi connectivity index (χ1) is 4.61. The van der Waals surface area contributed by atoms with E-state index in [2.05, 4.69) is 50.5 Å². The van der Waals surface area contributed by atoms with Gasteiger partial charge in [-0.2, -0.15) is 0 Å². The van der Waals surface area contributed by atoms with Crippen LogP contribution in [0.4, 0.5) is 0 Å². The van der Waals surface area contributed by atoms with Crippen molar-refractivity contribution >= 4 is 169 Å². The zero-order valence-electron chi connectivity index (χ0n) is 4.94. The summed E-state index contributed by atoms with van der Waals surface area (Å²) in [6.45, 7) is 0. The Balaban J connectivity index is -0.000000125. The summed E-state index contributed by atoms with van der Waals surface area (Å²) in [5, 5.41) is 0. The van der Waals surface area contributed by atoms with Gasteiger partial charge < -0.3 is 0 Å². The van der Waals surface area contributed by atoms with E-state index >= 15 is 0 Å². The van der Waals surface area contributed by atoms with Crippen molar-refractivity contribution in [2.45, 2.75) is 19.6 Å². The van der Waals surface area contributed by atoms with E-state index in [4.69, 9.17) is 0 Å². The third-order valence-corrected chi connectivity index (χ3v) is 2.90. The Morgan fingerprint density at radius 2 is 0.643 bits per heavy atom. The second kappa shape index (κ2) is 14.0. The topological polar surface area (TPSA) is 0 Å². The van der Waals surface area contributed by atoms with Crippen molar-refractivity contribution in [1.82, 2.24) is 0 Å². The van der Waals surface area contributed by atoms with Crippen LogP contribution in [0, 0.1) is 0 Å². The number of hydrogen-bond acceptors (Lipinski definition) is 4. The summed E-state index contributed by atoms with van der Waals surface area (Å²) in [5.74, 6) is 0. The Morgan fingerprint density at radius 1 is 0.500 bits per heavy atom. The second-order valence-electron chi connectivity index (χ2n) is 1.83. The predicted molar refractivity (Wildman–Crippen MR) is 84.0 cm³/mol. The third kappa shape index (κ3) is 9.54. The summed E-state index contributed by atoms with van der Waals surface area (Å²) >= 11 is 16.6. The molecule has 0 radical (unpaired) electrons. The number of hydrogen-bond donors (Lipinski definition) is 4. The molecule has 0 aliphatic carbocycles. The first-order valence-corrected chi connectivity index (χ1v) is 4.34. The van der Waals surface area contributed by atoms with E-state index in [1.165, 1.54) is 0 Å². The molecule has 0 saturated heterocycles. The molecule has 0 bridgehead atoms. The average molecular weight is 302 g/mol. The number of rotatable bonds is 0. The fourth-order valence-electron chi connectivity index (χ4n) is 0.555. The molecule has 1 aromatic carbocycles. The molecule has 0 heterocycles. The Morgan fingerprint density at radius 3 is 0.786 bits per heavy atom. The van der Waals surface area contributed by atoms with Gasteiger partial charge in [-0.05, 0) is 12.1 Å². The van der Waals surface area contributed by atoms with Crippen molar-refractivity contribution < 1.29 is 0 Å². The van der Waals surface area contributed by atoms with Gasteiger partial charge in [-0.3, -0.25) is 0 Å². The summed E-state index contributed by atoms with van der Waals surface area (Å²) < 4.78 is 0. The molecule has 0 spiro atoms. The van der Waals surface area contributed by atoms with Crippen molar-refractivity contribution in [3.63, 3.8) is 0 Å². The molecule has 0 amide bonds. The van der Waals surface area contributed by atoms with Gasteiger partial charge in [0, 0.05) is 19.6 Å². The van der Waals surface area contributed by atoms with E-state index in [1.54, 1.807) is 0 Å². The van der Waals surface area contributed by atoms with E-state index < -0.39 is 0 Å². The first kappa shape index (κ1) is 27.0. The van der Waals surface area contributed by atoms with Crippen molar-refractivity contribution in [3.8, 4) is 0 Å². The van der Waals surface area contributed by atoms with E-state index in [-0.39, 0.29) is 118 Å². The van der Waals surface area contributed by atoms with Crippen LogP contribution in [-0.4, -0.2) is 118 Å². The second-order valence-corrected chi connectivity index (χ2v) is 3.76. The Hall–Kier alpha value is 4.62. The van der Waals surface area contributed by atoms with Crippen LogP contribution in [0.25, 0.3) is 0 Å². The maximum absolute atomic E-state index is 4.16. The fraction of sp³-hybridized carbons (Fsp3) is 0. The molecule has 0 fully saturated rings. The van der Waals surface area contributed by atoms with E-state index in [0.717, 1.165) is 19.6 Å². The van der Waals surface area contributed by atoms with Gasteiger partial charge in [-0.1, -0.05) is 0 Å². The molecule has 0 aliphatic heterocycles. The molecule has 8 heteroatoms. The van der Waals surface area contributed by atoms with Gasteiger partial charge in [0.15, 0.2) is 0 Å². The standard InChI is InChI=1S/C6H6S4.4Na.4H/c7-3-1-4(8)6(10)2-5(3)9;;;;;;;;/h1-2,7-10H;;;;;;;;. The zero-order valence-corrected chi connectivity index (χ0v) is 8.52. The number of benzene rings is 1. The van der Waals surface area contributed by atoms with Crippen molar-refractivity contribution in [3.05, 3.63) is 12.1 Å². The molecule has 62 valence electrons. The molecule has 0 unspecified atom stereocenters. The number of thiol groups is 4. The van der Waals surface area contributed by atoms with Crippen molar-refractivity contribution in [2.24, 2.45) is 0 Å². The monoisotopic (exact) mass is 302 g/mol. The Kier molecular flexibility index (Phi) is 27.1. The Labute approximate surface area is 196 Å². The third-order valence-electron chi connectivity index (χ3n) is 1.07. The molecule has 0 aliphatic rings. The molecule has 0 saturated carbocycles. The average Bonchev–Trinajstić information content (AvgIpc) is 1.84. The minimum atomic E-state index is 0. The normalized spacial score (nSPS) is 7.14. The van der Waals surface area contributed by atoms with Gasteiger partial charge in [0.1, 0.15) is 0 Å². The van der Waals surface area contributed by atoms with Crippen molar-refractivity contribution in [1.29, 1.82) is 0 Å². The summed E-state index contributed by atoms with van der Waals surface area (Å²) in [6, 6.07) is 3.63. The molecular weight excluding hydrogens is 292 g/mol. The van der Waals surface area contributed by atoms with Crippen LogP contribution in [-0.2, 0) is 0 Å². The van der Waals surface area contributed by atoms with Gasteiger partial charge in [0.25, 0.3) is 0 Å². The molecule has 0 N–H and O–H groups in total. The summed E-state index contributed by atoms with van der Waals surface area (Å²) in [7, 11) is 0. The molecule has 1 rings (SSSR count). The summed E-state index contributed by atoms with van der Waals surface area (Å²) in [4.78, 5) is 3.30. The zero-order chi connectivity index (χ0) is 7.72. The van der Waals surface area contributed by atoms with E-state index in [1.807, 2.05) is 12.1 Å². The van der Waals surface area contributed by atoms with Crippen LogP contribution < -0.4 is 0 Å². The van der Waals surface area contributed by atoms with Gasteiger partial charge in [0.05, 0.1) is 0 Å². The maximum atomic E-state index is 4.16. The molecule has 0 aromatic heterocycles. The quantitative estimate of drug-likeness (QED) is 0.383. The summed E-state index contributed by atoms with van der Waals surface area (Å²) in [5.41, 5.74) is 0. The van der Waals surface area contributed by atoms with E-state index in [9.17, 15) is 0 Å².